The van der Waals surface area contributed by atoms with E-state index in [0.29, 0.717) is 0 Å². The summed E-state index contributed by atoms with van der Waals surface area (Å²) in [5.74, 6) is 0. The van der Waals surface area contributed by atoms with E-state index in [4.69, 9.17) is 0 Å². The van der Waals surface area contributed by atoms with Crippen LogP contribution in [0.3, 0.4) is 0 Å². The Morgan fingerprint density at radius 2 is 2.29 bits per heavy atom. The van der Waals surface area contributed by atoms with Crippen LogP contribution in [0.4, 0.5) is 0 Å². The first kappa shape index (κ1) is 12.2. The molecule has 0 bridgehead atoms. The molecular weight excluding hydrogens is 230 g/mol. The average Bonchev–Trinajstić information content (AvgIpc) is 2.85. The van der Waals surface area contributed by atoms with Crippen LogP contribution in [0, 0.1) is 0 Å². The minimum absolute atomic E-state index is 0.144. The Kier molecular flexibility index (Phi) is 4.23. The molecule has 90 valence electrons. The molecule has 1 atom stereocenters. The first-order valence-corrected chi connectivity index (χ1v) is 6.61. The van der Waals surface area contributed by atoms with Crippen LogP contribution in [-0.4, -0.2) is 15.8 Å². The van der Waals surface area contributed by atoms with E-state index in [1.54, 1.807) is 0 Å². The van der Waals surface area contributed by atoms with E-state index >= 15 is 0 Å². The van der Waals surface area contributed by atoms with E-state index in [0.717, 1.165) is 12.1 Å². The molecule has 0 saturated heterocycles. The predicted molar refractivity (Wildman–Crippen MR) is 71.2 cm³/mol. The van der Waals surface area contributed by atoms with Gasteiger partial charge in [-0.05, 0) is 24.6 Å². The minimum atomic E-state index is 0.144. The van der Waals surface area contributed by atoms with Gasteiger partial charge < -0.3 is 5.32 Å². The van der Waals surface area contributed by atoms with Gasteiger partial charge in [-0.1, -0.05) is 37.6 Å². The molecule has 0 spiro atoms. The quantitative estimate of drug-likeness (QED) is 0.883. The van der Waals surface area contributed by atoms with Crippen molar-refractivity contribution in [3.8, 4) is 0 Å². The summed E-state index contributed by atoms with van der Waals surface area (Å²) in [4.78, 5) is 0. The van der Waals surface area contributed by atoms with Gasteiger partial charge in [0, 0.05) is 0 Å². The summed E-state index contributed by atoms with van der Waals surface area (Å²) in [6, 6.07) is 8.83. The lowest BCUT2D eigenvalue weighted by molar-refractivity contribution is 0.676. The monoisotopic (exact) mass is 247 g/mol. The molecule has 0 aliphatic heterocycles. The Morgan fingerprint density at radius 3 is 2.94 bits per heavy atom. The van der Waals surface area contributed by atoms with Gasteiger partial charge in [-0.15, -0.1) is 0 Å². The molecular formula is C13H17N3S. The van der Waals surface area contributed by atoms with Gasteiger partial charge in [0.1, 0.15) is 0 Å². The van der Waals surface area contributed by atoms with Crippen LogP contribution in [-0.2, 0) is 6.42 Å². The van der Waals surface area contributed by atoms with Gasteiger partial charge in [-0.25, -0.2) is 0 Å². The van der Waals surface area contributed by atoms with Crippen molar-refractivity contribution >= 4 is 11.7 Å². The summed E-state index contributed by atoms with van der Waals surface area (Å²) in [6.07, 6.45) is 4.13. The summed E-state index contributed by atoms with van der Waals surface area (Å²) in [7, 11) is 1.95. The second-order valence-electron chi connectivity index (χ2n) is 4.05. The smallest absolute Gasteiger partial charge is 0.0957 e. The number of benzene rings is 1. The zero-order valence-corrected chi connectivity index (χ0v) is 11.0. The minimum Gasteiger partial charge on any atom is -0.308 e. The third-order valence-electron chi connectivity index (χ3n) is 2.79. The van der Waals surface area contributed by atoms with Crippen molar-refractivity contribution in [3.63, 3.8) is 0 Å². The van der Waals surface area contributed by atoms with Gasteiger partial charge in [0.2, 0.25) is 0 Å². The van der Waals surface area contributed by atoms with Crippen molar-refractivity contribution in [2.75, 3.05) is 7.05 Å². The third-order valence-corrected chi connectivity index (χ3v) is 3.28. The van der Waals surface area contributed by atoms with Crippen molar-refractivity contribution < 1.29 is 0 Å². The second-order valence-corrected chi connectivity index (χ2v) is 4.61. The van der Waals surface area contributed by atoms with Crippen molar-refractivity contribution in [3.05, 3.63) is 47.3 Å². The molecule has 1 N–H and O–H groups in total. The highest BCUT2D eigenvalue weighted by atomic mass is 32.1. The summed E-state index contributed by atoms with van der Waals surface area (Å²) >= 11 is 1.25. The Labute approximate surface area is 106 Å². The van der Waals surface area contributed by atoms with Gasteiger partial charge in [-0.2, -0.15) is 8.75 Å². The normalized spacial score (nSPS) is 12.6. The predicted octanol–water partition coefficient (Wildman–Crippen LogP) is 2.80. The molecule has 1 heterocycles. The zero-order valence-electron chi connectivity index (χ0n) is 10.2. The van der Waals surface area contributed by atoms with E-state index in [2.05, 4.69) is 45.3 Å². The molecule has 0 saturated carbocycles. The molecule has 17 heavy (non-hydrogen) atoms. The van der Waals surface area contributed by atoms with Gasteiger partial charge >= 0.3 is 0 Å². The number of nitrogens with one attached hydrogen (secondary N) is 1. The molecule has 0 radical (unpaired) electrons. The maximum atomic E-state index is 4.31. The van der Waals surface area contributed by atoms with Gasteiger partial charge in [0.05, 0.1) is 29.7 Å². The SMILES string of the molecule is CCCc1cccc(C(NC)c2cnsn2)c1. The number of rotatable bonds is 5. The molecule has 1 aromatic heterocycles. The fourth-order valence-corrected chi connectivity index (χ4v) is 2.45. The lowest BCUT2D eigenvalue weighted by Crippen LogP contribution is -2.18. The molecule has 1 unspecified atom stereocenters. The van der Waals surface area contributed by atoms with Crippen molar-refractivity contribution in [1.82, 2.24) is 14.1 Å². The van der Waals surface area contributed by atoms with Crippen LogP contribution in [0.15, 0.2) is 30.5 Å². The van der Waals surface area contributed by atoms with Crippen LogP contribution in [0.1, 0.15) is 36.2 Å². The molecule has 0 amide bonds. The second kappa shape index (κ2) is 5.89. The van der Waals surface area contributed by atoms with E-state index in [1.165, 1.54) is 29.3 Å². The Hall–Kier alpha value is -1.26. The number of nitrogens with zero attached hydrogens (tertiary/aromatic N) is 2. The van der Waals surface area contributed by atoms with Crippen molar-refractivity contribution in [2.24, 2.45) is 0 Å². The van der Waals surface area contributed by atoms with Crippen molar-refractivity contribution in [2.45, 2.75) is 25.8 Å². The molecule has 1 aromatic carbocycles. The topological polar surface area (TPSA) is 37.8 Å². The van der Waals surface area contributed by atoms with Crippen LogP contribution >= 0.6 is 11.7 Å². The summed E-state index contributed by atoms with van der Waals surface area (Å²) in [5, 5.41) is 3.29. The Bertz CT molecular complexity index is 453. The van der Waals surface area contributed by atoms with E-state index in [1.807, 2.05) is 13.2 Å². The summed E-state index contributed by atoms with van der Waals surface area (Å²) in [6.45, 7) is 2.20. The van der Waals surface area contributed by atoms with Gasteiger partial charge in [0.25, 0.3) is 0 Å². The fourth-order valence-electron chi connectivity index (χ4n) is 2.00. The summed E-state index contributed by atoms with van der Waals surface area (Å²) in [5.41, 5.74) is 3.63. The van der Waals surface area contributed by atoms with Crippen LogP contribution < -0.4 is 5.32 Å². The molecule has 2 rings (SSSR count). The average molecular weight is 247 g/mol. The summed E-state index contributed by atoms with van der Waals surface area (Å²) < 4.78 is 8.37. The number of aryl methyl sites for hydroxylation is 1. The highest BCUT2D eigenvalue weighted by Gasteiger charge is 2.14. The molecule has 0 fully saturated rings. The fraction of sp³-hybridized carbons (Fsp3) is 0.385. The maximum absolute atomic E-state index is 4.31. The van der Waals surface area contributed by atoms with E-state index in [9.17, 15) is 0 Å². The Morgan fingerprint density at radius 1 is 1.41 bits per heavy atom. The van der Waals surface area contributed by atoms with Crippen molar-refractivity contribution in [1.29, 1.82) is 0 Å². The molecule has 0 aliphatic carbocycles. The molecule has 2 aromatic rings. The number of hydrogen-bond donors (Lipinski definition) is 1. The molecule has 4 heteroatoms. The van der Waals surface area contributed by atoms with Gasteiger partial charge in [-0.3, -0.25) is 0 Å². The lowest BCUT2D eigenvalue weighted by Gasteiger charge is -2.14. The third kappa shape index (κ3) is 2.90. The number of aromatic nitrogens is 2. The maximum Gasteiger partial charge on any atom is 0.0957 e. The molecule has 3 nitrogen and oxygen atoms in total. The van der Waals surface area contributed by atoms with Crippen LogP contribution in [0.25, 0.3) is 0 Å². The van der Waals surface area contributed by atoms with Gasteiger partial charge in [0.15, 0.2) is 0 Å². The highest BCUT2D eigenvalue weighted by molar-refractivity contribution is 6.99. The van der Waals surface area contributed by atoms with Crippen LogP contribution in [0.5, 0.6) is 0 Å². The highest BCUT2D eigenvalue weighted by Crippen LogP contribution is 2.21. The van der Waals surface area contributed by atoms with Crippen LogP contribution in [0.2, 0.25) is 0 Å². The zero-order chi connectivity index (χ0) is 12.1. The Balaban J connectivity index is 2.28. The standard InChI is InChI=1S/C13H17N3S/c1-3-5-10-6-4-7-11(8-10)13(14-2)12-9-15-17-16-12/h4,6-9,13-14H,3,5H2,1-2H3. The lowest BCUT2D eigenvalue weighted by atomic mass is 10.00. The number of hydrogen-bond acceptors (Lipinski definition) is 4. The first-order chi connectivity index (χ1) is 8.35. The van der Waals surface area contributed by atoms with E-state index in [-0.39, 0.29) is 6.04 Å². The molecule has 0 aliphatic rings. The largest absolute Gasteiger partial charge is 0.308 e. The van der Waals surface area contributed by atoms with E-state index < -0.39 is 0 Å². The first-order valence-electron chi connectivity index (χ1n) is 5.88.